The van der Waals surface area contributed by atoms with E-state index in [1.54, 1.807) is 19.1 Å². The smallest absolute Gasteiger partial charge is 0.242 e. The van der Waals surface area contributed by atoms with Gasteiger partial charge in [0.25, 0.3) is 0 Å². The van der Waals surface area contributed by atoms with Gasteiger partial charge in [0, 0.05) is 31.4 Å². The maximum atomic E-state index is 12.6. The molecule has 2 rings (SSSR count). The van der Waals surface area contributed by atoms with Gasteiger partial charge in [-0.3, -0.25) is 9.69 Å². The maximum Gasteiger partial charge on any atom is 0.242 e. The third-order valence-corrected chi connectivity index (χ3v) is 6.33. The van der Waals surface area contributed by atoms with Crippen LogP contribution in [0.25, 0.3) is 0 Å². The highest BCUT2D eigenvalue weighted by molar-refractivity contribution is 7.89. The molecule has 146 valence electrons. The fourth-order valence-electron chi connectivity index (χ4n) is 2.41. The van der Waals surface area contributed by atoms with Crippen molar-refractivity contribution in [1.82, 2.24) is 9.21 Å². The molecule has 0 heterocycles. The number of nitrogens with zero attached hydrogens (tertiary/aromatic N) is 2. The van der Waals surface area contributed by atoms with Gasteiger partial charge < -0.3 is 5.32 Å². The van der Waals surface area contributed by atoms with Gasteiger partial charge in [-0.25, -0.2) is 12.7 Å². The molecule has 0 fully saturated rings. The number of carbonyl (C=O) groups excluding carboxylic acids is 1. The summed E-state index contributed by atoms with van der Waals surface area (Å²) in [5.74, 6) is -0.217. The number of sulfonamides is 1. The normalized spacial score (nSPS) is 13.0. The van der Waals surface area contributed by atoms with Crippen LogP contribution in [0.4, 0.5) is 5.69 Å². The van der Waals surface area contributed by atoms with Crippen LogP contribution in [0.15, 0.2) is 53.4 Å². The second-order valence-electron chi connectivity index (χ2n) is 6.52. The number of amides is 1. The van der Waals surface area contributed by atoms with Crippen molar-refractivity contribution in [1.29, 1.82) is 0 Å². The third-order valence-electron chi connectivity index (χ3n) is 4.27. The largest absolute Gasteiger partial charge is 0.325 e. The van der Waals surface area contributed by atoms with Crippen molar-refractivity contribution < 1.29 is 13.2 Å². The minimum absolute atomic E-state index is 0.132. The molecule has 2 aromatic rings. The molecule has 1 N–H and O–H groups in total. The van der Waals surface area contributed by atoms with Crippen molar-refractivity contribution in [2.24, 2.45) is 0 Å². The van der Waals surface area contributed by atoms with Gasteiger partial charge in [-0.2, -0.15) is 0 Å². The lowest BCUT2D eigenvalue weighted by Crippen LogP contribution is -2.39. The van der Waals surface area contributed by atoms with Crippen LogP contribution in [0, 0.1) is 0 Å². The van der Waals surface area contributed by atoms with E-state index in [1.807, 2.05) is 36.2 Å². The Morgan fingerprint density at radius 2 is 1.74 bits per heavy atom. The molecule has 0 spiro atoms. The van der Waals surface area contributed by atoms with E-state index in [9.17, 15) is 13.2 Å². The van der Waals surface area contributed by atoms with E-state index in [-0.39, 0.29) is 10.8 Å². The number of nitrogens with one attached hydrogen (secondary N) is 1. The molecule has 0 aromatic heterocycles. The average Bonchev–Trinajstić information content (AvgIpc) is 2.63. The fraction of sp³-hybridized carbons (Fsp3) is 0.316. The monoisotopic (exact) mass is 409 g/mol. The lowest BCUT2D eigenvalue weighted by atomic mass is 10.2. The summed E-state index contributed by atoms with van der Waals surface area (Å²) in [6.07, 6.45) is 0. The molecule has 1 amide bonds. The molecule has 0 aliphatic carbocycles. The van der Waals surface area contributed by atoms with Crippen LogP contribution in [-0.4, -0.2) is 50.7 Å². The fourth-order valence-corrected chi connectivity index (χ4v) is 3.48. The highest BCUT2D eigenvalue weighted by Gasteiger charge is 2.20. The molecule has 0 bridgehead atoms. The van der Waals surface area contributed by atoms with Crippen molar-refractivity contribution in [3.63, 3.8) is 0 Å². The summed E-state index contributed by atoms with van der Waals surface area (Å²) in [7, 11) is 1.23. The topological polar surface area (TPSA) is 69.7 Å². The molecule has 0 saturated heterocycles. The highest BCUT2D eigenvalue weighted by Crippen LogP contribution is 2.19. The Bertz CT molecular complexity index is 899. The van der Waals surface area contributed by atoms with Gasteiger partial charge in [-0.15, -0.1) is 0 Å². The zero-order valence-electron chi connectivity index (χ0n) is 15.8. The van der Waals surface area contributed by atoms with Crippen molar-refractivity contribution in [2.45, 2.75) is 24.4 Å². The Balaban J connectivity index is 2.06. The van der Waals surface area contributed by atoms with E-state index < -0.39 is 16.1 Å². The summed E-state index contributed by atoms with van der Waals surface area (Å²) >= 11 is 5.89. The molecule has 0 saturated carbocycles. The zero-order chi connectivity index (χ0) is 20.2. The third kappa shape index (κ3) is 5.52. The minimum Gasteiger partial charge on any atom is -0.325 e. The quantitative estimate of drug-likeness (QED) is 0.763. The number of rotatable bonds is 7. The number of halogens is 1. The molecule has 2 aromatic carbocycles. The van der Waals surface area contributed by atoms with Gasteiger partial charge >= 0.3 is 0 Å². The van der Waals surface area contributed by atoms with Crippen LogP contribution in [0.1, 0.15) is 12.5 Å². The second kappa shape index (κ2) is 8.84. The predicted octanol–water partition coefficient (Wildman–Crippen LogP) is 3.05. The van der Waals surface area contributed by atoms with E-state index in [0.29, 0.717) is 17.3 Å². The van der Waals surface area contributed by atoms with Gasteiger partial charge in [-0.1, -0.05) is 29.8 Å². The van der Waals surface area contributed by atoms with Crippen LogP contribution in [0.5, 0.6) is 0 Å². The van der Waals surface area contributed by atoms with Crippen molar-refractivity contribution in [3.05, 3.63) is 59.1 Å². The Morgan fingerprint density at radius 3 is 2.33 bits per heavy atom. The summed E-state index contributed by atoms with van der Waals surface area (Å²) in [5, 5.41) is 3.45. The van der Waals surface area contributed by atoms with Crippen LogP contribution >= 0.6 is 11.6 Å². The lowest BCUT2D eigenvalue weighted by Gasteiger charge is -2.24. The van der Waals surface area contributed by atoms with Crippen LogP contribution in [0.3, 0.4) is 0 Å². The maximum absolute atomic E-state index is 12.6. The van der Waals surface area contributed by atoms with Crippen molar-refractivity contribution >= 4 is 33.2 Å². The molecule has 0 aliphatic rings. The summed E-state index contributed by atoms with van der Waals surface area (Å²) in [4.78, 5) is 14.6. The van der Waals surface area contributed by atoms with E-state index >= 15 is 0 Å². The van der Waals surface area contributed by atoms with Gasteiger partial charge in [0.15, 0.2) is 0 Å². The zero-order valence-corrected chi connectivity index (χ0v) is 17.4. The minimum atomic E-state index is -3.56. The first-order chi connectivity index (χ1) is 12.6. The Kier molecular flexibility index (Phi) is 7.00. The summed E-state index contributed by atoms with van der Waals surface area (Å²) in [6.45, 7) is 2.38. The molecule has 8 heteroatoms. The molecular weight excluding hydrogens is 386 g/mol. The predicted molar refractivity (Wildman–Crippen MR) is 108 cm³/mol. The highest BCUT2D eigenvalue weighted by atomic mass is 35.5. The number of benzene rings is 2. The van der Waals surface area contributed by atoms with E-state index in [2.05, 4.69) is 5.32 Å². The lowest BCUT2D eigenvalue weighted by molar-refractivity contribution is -0.120. The first-order valence-corrected chi connectivity index (χ1v) is 10.2. The van der Waals surface area contributed by atoms with E-state index in [4.69, 9.17) is 11.6 Å². The molecule has 0 aliphatic heterocycles. The number of carbonyl (C=O) groups is 1. The average molecular weight is 410 g/mol. The van der Waals surface area contributed by atoms with Crippen LogP contribution < -0.4 is 5.32 Å². The van der Waals surface area contributed by atoms with E-state index in [0.717, 1.165) is 9.87 Å². The first-order valence-electron chi connectivity index (χ1n) is 8.39. The first kappa shape index (κ1) is 21.4. The summed E-state index contributed by atoms with van der Waals surface area (Å²) in [6, 6.07) is 13.3. The molecule has 1 atom stereocenters. The van der Waals surface area contributed by atoms with Gasteiger partial charge in [0.05, 0.1) is 10.9 Å². The molecular formula is C19H24ClN3O3S. The van der Waals surface area contributed by atoms with E-state index in [1.165, 1.54) is 26.2 Å². The Morgan fingerprint density at radius 1 is 1.11 bits per heavy atom. The van der Waals surface area contributed by atoms with Crippen molar-refractivity contribution in [3.8, 4) is 0 Å². The molecule has 1 unspecified atom stereocenters. The molecule has 27 heavy (non-hydrogen) atoms. The number of hydrogen-bond acceptors (Lipinski definition) is 4. The van der Waals surface area contributed by atoms with Gasteiger partial charge in [0.2, 0.25) is 15.9 Å². The number of likely N-dealkylation sites (N-methyl/N-ethyl adjacent to an activating group) is 1. The summed E-state index contributed by atoms with van der Waals surface area (Å²) in [5.41, 5.74) is 1.48. The SMILES string of the molecule is CC(C(=O)Nc1cccc(S(=O)(=O)N(C)C)c1)N(C)Cc1ccc(Cl)cc1. The second-order valence-corrected chi connectivity index (χ2v) is 9.11. The molecule has 6 nitrogen and oxygen atoms in total. The van der Waals surface area contributed by atoms with Crippen molar-refractivity contribution in [2.75, 3.05) is 26.5 Å². The number of anilines is 1. The summed E-state index contributed by atoms with van der Waals surface area (Å²) < 4.78 is 25.6. The van der Waals surface area contributed by atoms with Gasteiger partial charge in [-0.05, 0) is 49.9 Å². The standard InChI is InChI=1S/C19H24ClN3O3S/c1-14(23(4)13-15-8-10-16(20)11-9-15)19(24)21-17-6-5-7-18(12-17)27(25,26)22(2)3/h5-12,14H,13H2,1-4H3,(H,21,24). The van der Waals surface area contributed by atoms with Gasteiger partial charge in [0.1, 0.15) is 0 Å². The molecule has 0 radical (unpaired) electrons. The Labute approximate surface area is 165 Å². The number of hydrogen-bond donors (Lipinski definition) is 1. The van der Waals surface area contributed by atoms with Crippen LogP contribution in [-0.2, 0) is 21.4 Å². The van der Waals surface area contributed by atoms with Crippen LogP contribution in [0.2, 0.25) is 5.02 Å². The Hall–Kier alpha value is -1.93.